The van der Waals surface area contributed by atoms with Crippen LogP contribution in [0.3, 0.4) is 0 Å². The lowest BCUT2D eigenvalue weighted by Crippen LogP contribution is -2.61. The summed E-state index contributed by atoms with van der Waals surface area (Å²) in [6.45, 7) is 1.69. The lowest BCUT2D eigenvalue weighted by atomic mass is 9.94. The summed E-state index contributed by atoms with van der Waals surface area (Å²) in [5, 5.41) is 23.8. The quantitative estimate of drug-likeness (QED) is 0.674. The van der Waals surface area contributed by atoms with E-state index in [9.17, 15) is 23.4 Å². The highest BCUT2D eigenvalue weighted by Gasteiger charge is 2.57. The maximum atomic E-state index is 13.7. The normalized spacial score (nSPS) is 31.2. The Hall–Kier alpha value is -1.33. The second-order valence-electron chi connectivity index (χ2n) is 6.69. The number of amidine groups is 1. The predicted molar refractivity (Wildman–Crippen MR) is 99.0 cm³/mol. The number of ether oxygens (including phenoxy) is 2. The third kappa shape index (κ3) is 4.46. The van der Waals surface area contributed by atoms with Crippen LogP contribution in [0.25, 0.3) is 0 Å². The van der Waals surface area contributed by atoms with Crippen LogP contribution in [0.2, 0.25) is 0 Å². The second-order valence-corrected chi connectivity index (χ2v) is 7.77. The van der Waals surface area contributed by atoms with E-state index in [0.29, 0.717) is 10.7 Å². The molecule has 3 rings (SSSR count). The minimum Gasteiger partial charge on any atom is -0.388 e. The molecule has 3 N–H and O–H groups in total. The Bertz CT molecular complexity index is 701. The Balaban J connectivity index is 1.74. The Morgan fingerprint density at radius 1 is 1.21 bits per heavy atom. The van der Waals surface area contributed by atoms with E-state index in [1.807, 2.05) is 19.1 Å². The number of benzene rings is 1. The highest BCUT2D eigenvalue weighted by molar-refractivity contribution is 8.14. The summed E-state index contributed by atoms with van der Waals surface area (Å²) in [5.74, 6) is 0. The second kappa shape index (κ2) is 8.58. The van der Waals surface area contributed by atoms with Crippen molar-refractivity contribution < 1.29 is 32.9 Å². The molecule has 156 valence electrons. The van der Waals surface area contributed by atoms with Gasteiger partial charge in [0.1, 0.15) is 29.8 Å². The molecule has 10 heteroatoms. The van der Waals surface area contributed by atoms with Gasteiger partial charge in [0.15, 0.2) is 11.3 Å². The van der Waals surface area contributed by atoms with E-state index in [-0.39, 0.29) is 6.61 Å². The van der Waals surface area contributed by atoms with Gasteiger partial charge in [-0.3, -0.25) is 4.99 Å². The molecule has 28 heavy (non-hydrogen) atoms. The van der Waals surface area contributed by atoms with Gasteiger partial charge in [-0.2, -0.15) is 13.2 Å². The maximum absolute atomic E-state index is 13.7. The highest BCUT2D eigenvalue weighted by Crippen LogP contribution is 2.40. The summed E-state index contributed by atoms with van der Waals surface area (Å²) in [6, 6.07) is 6.22. The minimum absolute atomic E-state index is 0.295. The first kappa shape index (κ1) is 21.4. The first-order valence-electron chi connectivity index (χ1n) is 8.94. The van der Waals surface area contributed by atoms with Gasteiger partial charge in [-0.1, -0.05) is 43.0 Å². The van der Waals surface area contributed by atoms with Crippen molar-refractivity contribution in [3.63, 3.8) is 0 Å². The van der Waals surface area contributed by atoms with Crippen LogP contribution < -0.4 is 5.32 Å². The molecule has 2 aliphatic rings. The third-order valence-electron chi connectivity index (χ3n) is 4.80. The van der Waals surface area contributed by atoms with Crippen LogP contribution in [0, 0.1) is 0 Å². The molecule has 6 atom stereocenters. The van der Waals surface area contributed by atoms with Crippen LogP contribution in [-0.2, 0) is 22.5 Å². The maximum Gasteiger partial charge on any atom is 0.417 e. The first-order valence-corrected chi connectivity index (χ1v) is 9.82. The molecule has 0 aliphatic carbocycles. The summed E-state index contributed by atoms with van der Waals surface area (Å²) in [5.41, 5.74) is 0.810. The number of hydrogen-bond donors (Lipinski definition) is 3. The number of aryl methyl sites for hydroxylation is 1. The first-order chi connectivity index (χ1) is 13.2. The molecule has 2 aliphatic heterocycles. The lowest BCUT2D eigenvalue weighted by Gasteiger charge is -2.41. The van der Waals surface area contributed by atoms with Crippen molar-refractivity contribution >= 4 is 16.9 Å². The number of nitrogens with one attached hydrogen (secondary N) is 1. The topological polar surface area (TPSA) is 83.3 Å². The largest absolute Gasteiger partial charge is 0.417 e. The van der Waals surface area contributed by atoms with Gasteiger partial charge in [-0.15, -0.1) is 0 Å². The van der Waals surface area contributed by atoms with Crippen molar-refractivity contribution in [2.75, 3.05) is 7.05 Å². The minimum atomic E-state index is -4.78. The van der Waals surface area contributed by atoms with Crippen LogP contribution >= 0.6 is 11.8 Å². The van der Waals surface area contributed by atoms with E-state index in [2.05, 4.69) is 10.3 Å². The van der Waals surface area contributed by atoms with Crippen LogP contribution in [0.15, 0.2) is 29.3 Å². The van der Waals surface area contributed by atoms with Gasteiger partial charge in [0.25, 0.3) is 0 Å². The number of hydrogen-bond acceptors (Lipinski definition) is 7. The number of nitrogens with zero attached hydrogens (tertiary/aromatic N) is 1. The average Bonchev–Trinajstić information content (AvgIpc) is 3.08. The predicted octanol–water partition coefficient (Wildman–Crippen LogP) is 1.83. The van der Waals surface area contributed by atoms with Crippen molar-refractivity contribution in [3.8, 4) is 0 Å². The summed E-state index contributed by atoms with van der Waals surface area (Å²) >= 11 is 1.07. The number of aliphatic hydroxyl groups excluding tert-OH is 2. The van der Waals surface area contributed by atoms with E-state index < -0.39 is 42.1 Å². The molecular formula is C18H23F3N2O4S. The molecule has 0 spiro atoms. The molecule has 0 bridgehead atoms. The molecule has 1 aromatic rings. The fourth-order valence-electron chi connectivity index (χ4n) is 3.19. The summed E-state index contributed by atoms with van der Waals surface area (Å²) in [7, 11) is 1.61. The van der Waals surface area contributed by atoms with Crippen LogP contribution in [0.4, 0.5) is 13.2 Å². The summed E-state index contributed by atoms with van der Waals surface area (Å²) in [4.78, 5) is 4.14. The van der Waals surface area contributed by atoms with Gasteiger partial charge in [-0.05, 0) is 17.5 Å². The standard InChI is InChI=1S/C18H23F3N2O4S/c1-3-9-4-6-10(7-5-9)8-26-15(18(19,20)21)14-13(25)12(24)11-16(27-14)28-17(22-2)23-11/h4-7,11-16,24-25H,3,8H2,1-2H3,(H,22,23)/t11-,12-,13+,14+,15-,16-/m1/s1. The smallest absolute Gasteiger partial charge is 0.388 e. The summed E-state index contributed by atoms with van der Waals surface area (Å²) < 4.78 is 51.6. The van der Waals surface area contributed by atoms with Gasteiger partial charge in [0.2, 0.25) is 0 Å². The van der Waals surface area contributed by atoms with Crippen molar-refractivity contribution in [3.05, 3.63) is 35.4 Å². The van der Waals surface area contributed by atoms with Crippen LogP contribution in [0.5, 0.6) is 0 Å². The molecule has 1 aromatic carbocycles. The molecule has 0 saturated carbocycles. The van der Waals surface area contributed by atoms with E-state index in [1.54, 1.807) is 19.2 Å². The van der Waals surface area contributed by atoms with E-state index in [4.69, 9.17) is 9.47 Å². The monoisotopic (exact) mass is 420 g/mol. The highest BCUT2D eigenvalue weighted by atomic mass is 32.2. The SMILES string of the molecule is CCc1ccc(CO[C@H]([C@H]2O[C@@H]3SC(NC)=N[C@@H]3[C@@H](O)[C@@H]2O)C(F)(F)F)cc1. The van der Waals surface area contributed by atoms with Gasteiger partial charge in [0.05, 0.1) is 6.61 Å². The van der Waals surface area contributed by atoms with E-state index in [0.717, 1.165) is 23.7 Å². The molecule has 1 saturated heterocycles. The Kier molecular flexibility index (Phi) is 6.55. The number of aliphatic hydroxyl groups is 2. The Morgan fingerprint density at radius 3 is 2.43 bits per heavy atom. The Labute approximate surface area is 165 Å². The number of thioether (sulfide) groups is 1. The van der Waals surface area contributed by atoms with Gasteiger partial charge >= 0.3 is 6.18 Å². The molecule has 0 aromatic heterocycles. The molecule has 0 amide bonds. The van der Waals surface area contributed by atoms with E-state index in [1.165, 1.54) is 0 Å². The molecule has 2 heterocycles. The number of aliphatic imine (C=N–C) groups is 1. The van der Waals surface area contributed by atoms with Crippen molar-refractivity contribution in [1.29, 1.82) is 0 Å². The zero-order valence-corrected chi connectivity index (χ0v) is 16.2. The molecule has 6 nitrogen and oxygen atoms in total. The Morgan fingerprint density at radius 2 is 1.86 bits per heavy atom. The molecule has 1 fully saturated rings. The fourth-order valence-corrected chi connectivity index (χ4v) is 4.26. The fraction of sp³-hybridized carbons (Fsp3) is 0.611. The van der Waals surface area contributed by atoms with Crippen molar-refractivity contribution in [2.24, 2.45) is 4.99 Å². The summed E-state index contributed by atoms with van der Waals surface area (Å²) in [6.07, 6.45) is -11.4. The number of alkyl halides is 3. The van der Waals surface area contributed by atoms with Crippen LogP contribution in [0.1, 0.15) is 18.1 Å². The zero-order chi connectivity index (χ0) is 20.5. The zero-order valence-electron chi connectivity index (χ0n) is 15.4. The third-order valence-corrected chi connectivity index (χ3v) is 5.95. The lowest BCUT2D eigenvalue weighted by molar-refractivity contribution is -0.286. The van der Waals surface area contributed by atoms with E-state index >= 15 is 0 Å². The molecule has 0 unspecified atom stereocenters. The van der Waals surface area contributed by atoms with Crippen molar-refractivity contribution in [2.45, 2.75) is 62.0 Å². The van der Waals surface area contributed by atoms with Gasteiger partial charge < -0.3 is 25.0 Å². The number of fused-ring (bicyclic) bond motifs is 1. The van der Waals surface area contributed by atoms with Crippen molar-refractivity contribution in [1.82, 2.24) is 5.32 Å². The molecule has 0 radical (unpaired) electrons. The number of rotatable bonds is 5. The number of halogens is 3. The average molecular weight is 420 g/mol. The van der Waals surface area contributed by atoms with Gasteiger partial charge in [-0.25, -0.2) is 0 Å². The van der Waals surface area contributed by atoms with Crippen LogP contribution in [-0.4, -0.2) is 64.5 Å². The van der Waals surface area contributed by atoms with Gasteiger partial charge in [0, 0.05) is 7.05 Å². The molecular weight excluding hydrogens is 397 g/mol.